The van der Waals surface area contributed by atoms with Gasteiger partial charge in [0.2, 0.25) is 5.96 Å². The SMILES string of the molecule is CC(C)(C)OC(=O)N=C(N(C(=O)OC(C)(C)C)C(=O)c1ccccc1)n1cccn1. The van der Waals surface area contributed by atoms with Crippen LogP contribution in [0.3, 0.4) is 0 Å². The van der Waals surface area contributed by atoms with Crippen LogP contribution in [0.1, 0.15) is 51.9 Å². The second-order valence-corrected chi connectivity index (χ2v) is 8.33. The first kappa shape index (κ1) is 22.8. The Morgan fingerprint density at radius 2 is 1.53 bits per heavy atom. The summed E-state index contributed by atoms with van der Waals surface area (Å²) in [4.78, 5) is 43.1. The van der Waals surface area contributed by atoms with Crippen molar-refractivity contribution in [2.75, 3.05) is 0 Å². The average molecular weight is 414 g/mol. The number of ether oxygens (including phenoxy) is 2. The van der Waals surface area contributed by atoms with Gasteiger partial charge >= 0.3 is 12.2 Å². The summed E-state index contributed by atoms with van der Waals surface area (Å²) in [5, 5.41) is 4.02. The Balaban J connectivity index is 2.58. The Labute approximate surface area is 175 Å². The molecule has 0 aliphatic heterocycles. The minimum Gasteiger partial charge on any atom is -0.443 e. The van der Waals surface area contributed by atoms with Crippen molar-refractivity contribution in [3.63, 3.8) is 0 Å². The van der Waals surface area contributed by atoms with Crippen LogP contribution in [0.5, 0.6) is 0 Å². The van der Waals surface area contributed by atoms with E-state index >= 15 is 0 Å². The van der Waals surface area contributed by atoms with Crippen LogP contribution in [0.15, 0.2) is 53.8 Å². The van der Waals surface area contributed by atoms with Crippen LogP contribution in [0.2, 0.25) is 0 Å². The molecule has 1 aromatic heterocycles. The van der Waals surface area contributed by atoms with Crippen LogP contribution >= 0.6 is 0 Å². The molecule has 2 rings (SSSR count). The van der Waals surface area contributed by atoms with E-state index in [1.165, 1.54) is 24.5 Å². The first-order chi connectivity index (χ1) is 13.9. The van der Waals surface area contributed by atoms with E-state index in [4.69, 9.17) is 9.47 Å². The van der Waals surface area contributed by atoms with Crippen LogP contribution in [0, 0.1) is 0 Å². The summed E-state index contributed by atoms with van der Waals surface area (Å²) < 4.78 is 11.7. The molecule has 2 aromatic rings. The van der Waals surface area contributed by atoms with E-state index in [1.54, 1.807) is 65.8 Å². The highest BCUT2D eigenvalue weighted by atomic mass is 16.6. The van der Waals surface area contributed by atoms with Crippen molar-refractivity contribution in [2.24, 2.45) is 4.99 Å². The van der Waals surface area contributed by atoms with Gasteiger partial charge in [0, 0.05) is 18.0 Å². The third-order valence-corrected chi connectivity index (χ3v) is 3.29. The van der Waals surface area contributed by atoms with Gasteiger partial charge in [-0.3, -0.25) is 4.79 Å². The van der Waals surface area contributed by atoms with Crippen LogP contribution in [-0.4, -0.2) is 49.9 Å². The van der Waals surface area contributed by atoms with Crippen molar-refractivity contribution in [3.8, 4) is 0 Å². The maximum Gasteiger partial charge on any atom is 0.437 e. The van der Waals surface area contributed by atoms with Gasteiger partial charge in [0.15, 0.2) is 0 Å². The van der Waals surface area contributed by atoms with Gasteiger partial charge in [0.1, 0.15) is 11.2 Å². The van der Waals surface area contributed by atoms with Crippen LogP contribution in [-0.2, 0) is 9.47 Å². The summed E-state index contributed by atoms with van der Waals surface area (Å²) in [5.74, 6) is -1.10. The molecule has 1 aromatic carbocycles. The van der Waals surface area contributed by atoms with Crippen LogP contribution in [0.4, 0.5) is 9.59 Å². The molecule has 9 nitrogen and oxygen atoms in total. The summed E-state index contributed by atoms with van der Waals surface area (Å²) in [7, 11) is 0. The molecule has 0 aliphatic carbocycles. The number of aromatic nitrogens is 2. The molecule has 0 aliphatic rings. The fourth-order valence-corrected chi connectivity index (χ4v) is 2.23. The lowest BCUT2D eigenvalue weighted by Crippen LogP contribution is -2.48. The lowest BCUT2D eigenvalue weighted by molar-refractivity contribution is 0.0344. The molecule has 0 saturated carbocycles. The molecule has 30 heavy (non-hydrogen) atoms. The van der Waals surface area contributed by atoms with Gasteiger partial charge in [0.05, 0.1) is 0 Å². The number of hydrogen-bond acceptors (Lipinski definition) is 6. The minimum absolute atomic E-state index is 0.201. The highest BCUT2D eigenvalue weighted by Gasteiger charge is 2.34. The number of imide groups is 1. The maximum absolute atomic E-state index is 13.2. The third-order valence-electron chi connectivity index (χ3n) is 3.29. The van der Waals surface area contributed by atoms with E-state index in [0.717, 1.165) is 4.68 Å². The van der Waals surface area contributed by atoms with Crippen LogP contribution < -0.4 is 0 Å². The standard InChI is InChI=1S/C21H26N4O5/c1-20(2,3)29-18(27)23-17(24-14-10-13-22-24)25(19(28)30-21(4,5)6)16(26)15-11-8-7-9-12-15/h7-14H,1-6H3. The highest BCUT2D eigenvalue weighted by molar-refractivity contribution is 6.17. The fourth-order valence-electron chi connectivity index (χ4n) is 2.23. The summed E-state index contributed by atoms with van der Waals surface area (Å²) >= 11 is 0. The summed E-state index contributed by atoms with van der Waals surface area (Å²) in [6, 6.07) is 9.67. The molecule has 0 atom stereocenters. The number of hydrogen-bond donors (Lipinski definition) is 0. The number of benzene rings is 1. The van der Waals surface area contributed by atoms with Crippen molar-refractivity contribution in [3.05, 3.63) is 54.4 Å². The predicted octanol–water partition coefficient (Wildman–Crippen LogP) is 4.10. The second kappa shape index (κ2) is 8.89. The minimum atomic E-state index is -1.01. The smallest absolute Gasteiger partial charge is 0.437 e. The number of carbonyl (C=O) groups is 3. The molecule has 0 fully saturated rings. The number of amides is 3. The van der Waals surface area contributed by atoms with Crippen molar-refractivity contribution in [1.29, 1.82) is 0 Å². The van der Waals surface area contributed by atoms with Gasteiger partial charge in [-0.05, 0) is 59.7 Å². The van der Waals surface area contributed by atoms with E-state index in [1.807, 2.05) is 0 Å². The molecule has 9 heteroatoms. The predicted molar refractivity (Wildman–Crippen MR) is 110 cm³/mol. The number of carbonyl (C=O) groups excluding carboxylic acids is 3. The Morgan fingerprint density at radius 1 is 0.933 bits per heavy atom. The van der Waals surface area contributed by atoms with E-state index in [9.17, 15) is 14.4 Å². The first-order valence-corrected chi connectivity index (χ1v) is 9.31. The van der Waals surface area contributed by atoms with E-state index in [0.29, 0.717) is 4.90 Å². The van der Waals surface area contributed by atoms with E-state index < -0.39 is 29.3 Å². The molecular weight excluding hydrogens is 388 g/mol. The molecule has 3 amide bonds. The van der Waals surface area contributed by atoms with Crippen molar-refractivity contribution in [2.45, 2.75) is 52.7 Å². The zero-order chi connectivity index (χ0) is 22.5. The normalized spacial score (nSPS) is 12.3. The second-order valence-electron chi connectivity index (χ2n) is 8.33. The largest absolute Gasteiger partial charge is 0.443 e. The summed E-state index contributed by atoms with van der Waals surface area (Å²) in [6.07, 6.45) is 0.876. The quantitative estimate of drug-likeness (QED) is 0.514. The van der Waals surface area contributed by atoms with Gasteiger partial charge < -0.3 is 9.47 Å². The Kier molecular flexibility index (Phi) is 6.76. The Hall–Kier alpha value is -3.49. The van der Waals surface area contributed by atoms with E-state index in [2.05, 4.69) is 10.1 Å². The molecule has 0 spiro atoms. The van der Waals surface area contributed by atoms with Gasteiger partial charge in [-0.25, -0.2) is 14.3 Å². The van der Waals surface area contributed by atoms with E-state index in [-0.39, 0.29) is 11.5 Å². The molecular formula is C21H26N4O5. The Bertz CT molecular complexity index is 923. The molecule has 0 bridgehead atoms. The molecule has 0 unspecified atom stereocenters. The monoisotopic (exact) mass is 414 g/mol. The number of nitrogens with zero attached hydrogens (tertiary/aromatic N) is 4. The van der Waals surface area contributed by atoms with Crippen LogP contribution in [0.25, 0.3) is 0 Å². The maximum atomic E-state index is 13.2. The average Bonchev–Trinajstić information content (AvgIpc) is 3.13. The fraction of sp³-hybridized carbons (Fsp3) is 0.381. The molecule has 0 radical (unpaired) electrons. The third kappa shape index (κ3) is 6.54. The van der Waals surface area contributed by atoms with Gasteiger partial charge in [-0.2, -0.15) is 10.00 Å². The molecule has 0 saturated heterocycles. The van der Waals surface area contributed by atoms with Crippen molar-refractivity contribution >= 4 is 24.1 Å². The van der Waals surface area contributed by atoms with Crippen molar-refractivity contribution < 1.29 is 23.9 Å². The molecule has 1 heterocycles. The van der Waals surface area contributed by atoms with Crippen molar-refractivity contribution in [1.82, 2.24) is 14.7 Å². The summed E-state index contributed by atoms with van der Waals surface area (Å²) in [5.41, 5.74) is -1.52. The van der Waals surface area contributed by atoms with Gasteiger partial charge in [0.25, 0.3) is 5.91 Å². The molecule has 160 valence electrons. The summed E-state index contributed by atoms with van der Waals surface area (Å²) in [6.45, 7) is 10.0. The zero-order valence-electron chi connectivity index (χ0n) is 17.9. The number of rotatable bonds is 1. The van der Waals surface area contributed by atoms with Gasteiger partial charge in [-0.15, -0.1) is 4.99 Å². The first-order valence-electron chi connectivity index (χ1n) is 9.31. The number of aliphatic imine (C=N–C) groups is 1. The molecule has 0 N–H and O–H groups in total. The lowest BCUT2D eigenvalue weighted by Gasteiger charge is -2.27. The highest BCUT2D eigenvalue weighted by Crippen LogP contribution is 2.16. The Morgan fingerprint density at radius 3 is 2.03 bits per heavy atom. The zero-order valence-corrected chi connectivity index (χ0v) is 17.9. The lowest BCUT2D eigenvalue weighted by atomic mass is 10.2. The van der Waals surface area contributed by atoms with Gasteiger partial charge in [-0.1, -0.05) is 18.2 Å². The topological polar surface area (TPSA) is 103 Å².